The van der Waals surface area contributed by atoms with Crippen LogP contribution in [0.5, 0.6) is 5.75 Å². The van der Waals surface area contributed by atoms with Crippen LogP contribution >= 0.6 is 11.3 Å². The van der Waals surface area contributed by atoms with Crippen molar-refractivity contribution < 1.29 is 9.53 Å². The fraction of sp³-hybridized carbons (Fsp3) is 0.0345. The van der Waals surface area contributed by atoms with Gasteiger partial charge in [0.1, 0.15) is 5.75 Å². The Labute approximate surface area is 202 Å². The Morgan fingerprint density at radius 2 is 1.26 bits per heavy atom. The van der Waals surface area contributed by atoms with Crippen LogP contribution < -0.4 is 10.1 Å². The predicted octanol–water partition coefficient (Wildman–Crippen LogP) is 7.41. The third-order valence-corrected chi connectivity index (χ3v) is 6.52. The van der Waals surface area contributed by atoms with Gasteiger partial charge in [-0.15, -0.1) is 0 Å². The largest absolute Gasteiger partial charge is 0.497 e. The molecule has 0 aliphatic carbocycles. The quantitative estimate of drug-likeness (QED) is 0.286. The molecule has 1 heterocycles. The average Bonchev–Trinajstić information content (AvgIpc) is 3.33. The molecule has 0 radical (unpaired) electrons. The molecule has 5 heteroatoms. The summed E-state index contributed by atoms with van der Waals surface area (Å²) in [6.07, 6.45) is 0. The highest BCUT2D eigenvalue weighted by atomic mass is 32.1. The van der Waals surface area contributed by atoms with Crippen molar-refractivity contribution in [1.29, 1.82) is 0 Å². The highest BCUT2D eigenvalue weighted by Crippen LogP contribution is 2.39. The molecule has 0 saturated heterocycles. The number of carbonyl (C=O) groups is 1. The number of rotatable bonds is 6. The normalized spacial score (nSPS) is 10.6. The molecule has 0 fully saturated rings. The summed E-state index contributed by atoms with van der Waals surface area (Å²) >= 11 is 1.46. The van der Waals surface area contributed by atoms with Crippen molar-refractivity contribution in [3.8, 4) is 38.6 Å². The number of nitrogens with zero attached hydrogens (tertiary/aromatic N) is 1. The molecule has 0 aliphatic rings. The van der Waals surface area contributed by atoms with Gasteiger partial charge in [0.2, 0.25) is 0 Å². The van der Waals surface area contributed by atoms with Crippen molar-refractivity contribution in [3.05, 3.63) is 115 Å². The van der Waals surface area contributed by atoms with Gasteiger partial charge in [-0.3, -0.25) is 10.1 Å². The molecule has 0 spiro atoms. The second-order valence-corrected chi connectivity index (χ2v) is 8.69. The summed E-state index contributed by atoms with van der Waals surface area (Å²) in [6, 6.07) is 35.6. The molecule has 0 unspecified atom stereocenters. The molecule has 166 valence electrons. The van der Waals surface area contributed by atoms with Crippen LogP contribution in [0.15, 0.2) is 109 Å². The summed E-state index contributed by atoms with van der Waals surface area (Å²) < 4.78 is 5.29. The summed E-state index contributed by atoms with van der Waals surface area (Å²) in [5.74, 6) is 0.608. The van der Waals surface area contributed by atoms with Gasteiger partial charge in [-0.2, -0.15) is 0 Å². The van der Waals surface area contributed by atoms with E-state index in [4.69, 9.17) is 9.72 Å². The maximum atomic E-state index is 13.0. The lowest BCUT2D eigenvalue weighted by Crippen LogP contribution is -2.11. The molecule has 1 N–H and O–H groups in total. The van der Waals surface area contributed by atoms with Crippen molar-refractivity contribution in [2.45, 2.75) is 0 Å². The van der Waals surface area contributed by atoms with Crippen molar-refractivity contribution in [1.82, 2.24) is 4.98 Å². The first kappa shape index (κ1) is 21.6. The minimum Gasteiger partial charge on any atom is -0.497 e. The minimum atomic E-state index is -0.186. The van der Waals surface area contributed by atoms with Crippen LogP contribution in [0.3, 0.4) is 0 Å². The molecule has 4 nitrogen and oxygen atoms in total. The van der Waals surface area contributed by atoms with Crippen LogP contribution in [-0.4, -0.2) is 18.0 Å². The number of benzene rings is 4. The molecule has 1 amide bonds. The SMILES string of the molecule is COc1ccc(-c2sc(NC(=O)c3ccc(-c4ccccc4)cc3)nc2-c2ccccc2)cc1. The summed E-state index contributed by atoms with van der Waals surface area (Å²) in [5, 5.41) is 3.54. The molecule has 0 aliphatic heterocycles. The van der Waals surface area contributed by atoms with Crippen molar-refractivity contribution in [3.63, 3.8) is 0 Å². The number of hydrogen-bond donors (Lipinski definition) is 1. The third kappa shape index (κ3) is 4.60. The predicted molar refractivity (Wildman–Crippen MR) is 139 cm³/mol. The molecular formula is C29H22N2O2S. The number of thiazole rings is 1. The molecule has 1 aromatic heterocycles. The Balaban J connectivity index is 1.43. The molecule has 4 aromatic carbocycles. The second-order valence-electron chi connectivity index (χ2n) is 7.69. The van der Waals surface area contributed by atoms with E-state index in [1.807, 2.05) is 97.1 Å². The van der Waals surface area contributed by atoms with E-state index in [-0.39, 0.29) is 5.91 Å². The first-order chi connectivity index (χ1) is 16.7. The summed E-state index contributed by atoms with van der Waals surface area (Å²) in [6.45, 7) is 0. The first-order valence-corrected chi connectivity index (χ1v) is 11.7. The fourth-order valence-corrected chi connectivity index (χ4v) is 4.71. The Morgan fingerprint density at radius 3 is 1.88 bits per heavy atom. The lowest BCUT2D eigenvalue weighted by atomic mass is 10.0. The van der Waals surface area contributed by atoms with Crippen LogP contribution in [0, 0.1) is 0 Å². The summed E-state index contributed by atoms with van der Waals surface area (Å²) in [7, 11) is 1.65. The number of methoxy groups -OCH3 is 1. The van der Waals surface area contributed by atoms with E-state index in [0.717, 1.165) is 38.6 Å². The van der Waals surface area contributed by atoms with Crippen LogP contribution in [-0.2, 0) is 0 Å². The van der Waals surface area contributed by atoms with Crippen molar-refractivity contribution in [2.75, 3.05) is 12.4 Å². The lowest BCUT2D eigenvalue weighted by molar-refractivity contribution is 0.102. The van der Waals surface area contributed by atoms with Gasteiger partial charge < -0.3 is 4.74 Å². The molecule has 0 atom stereocenters. The van der Waals surface area contributed by atoms with E-state index in [9.17, 15) is 4.79 Å². The van der Waals surface area contributed by atoms with Crippen LogP contribution in [0.1, 0.15) is 10.4 Å². The molecule has 5 rings (SSSR count). The molecule has 0 saturated carbocycles. The molecule has 0 bridgehead atoms. The number of carbonyl (C=O) groups excluding carboxylic acids is 1. The van der Waals surface area contributed by atoms with E-state index in [1.165, 1.54) is 11.3 Å². The Bertz CT molecular complexity index is 1390. The summed E-state index contributed by atoms with van der Waals surface area (Å²) in [5.41, 5.74) is 5.63. The number of hydrogen-bond acceptors (Lipinski definition) is 4. The Kier molecular flexibility index (Phi) is 6.19. The van der Waals surface area contributed by atoms with Crippen LogP contribution in [0.4, 0.5) is 5.13 Å². The van der Waals surface area contributed by atoms with Gasteiger partial charge in [-0.1, -0.05) is 84.1 Å². The van der Waals surface area contributed by atoms with E-state index in [1.54, 1.807) is 7.11 Å². The zero-order valence-corrected chi connectivity index (χ0v) is 19.4. The van der Waals surface area contributed by atoms with E-state index < -0.39 is 0 Å². The monoisotopic (exact) mass is 462 g/mol. The number of nitrogens with one attached hydrogen (secondary N) is 1. The maximum Gasteiger partial charge on any atom is 0.257 e. The lowest BCUT2D eigenvalue weighted by Gasteiger charge is -2.04. The second kappa shape index (κ2) is 9.73. The van der Waals surface area contributed by atoms with Gasteiger partial charge in [-0.25, -0.2) is 4.98 Å². The van der Waals surface area contributed by atoms with E-state index >= 15 is 0 Å². The number of amides is 1. The first-order valence-electron chi connectivity index (χ1n) is 10.9. The highest BCUT2D eigenvalue weighted by molar-refractivity contribution is 7.19. The Morgan fingerprint density at radius 1 is 0.706 bits per heavy atom. The zero-order valence-electron chi connectivity index (χ0n) is 18.6. The van der Waals surface area contributed by atoms with Gasteiger partial charge in [0.15, 0.2) is 5.13 Å². The van der Waals surface area contributed by atoms with Gasteiger partial charge in [0.05, 0.1) is 17.7 Å². The average molecular weight is 463 g/mol. The van der Waals surface area contributed by atoms with Crippen LogP contribution in [0.25, 0.3) is 32.8 Å². The van der Waals surface area contributed by atoms with Gasteiger partial charge in [0, 0.05) is 11.1 Å². The van der Waals surface area contributed by atoms with E-state index in [0.29, 0.717) is 10.7 Å². The number of anilines is 1. The van der Waals surface area contributed by atoms with Gasteiger partial charge in [-0.05, 0) is 53.1 Å². The van der Waals surface area contributed by atoms with Gasteiger partial charge >= 0.3 is 0 Å². The van der Waals surface area contributed by atoms with Crippen molar-refractivity contribution >= 4 is 22.4 Å². The topological polar surface area (TPSA) is 51.2 Å². The smallest absolute Gasteiger partial charge is 0.257 e. The number of aromatic nitrogens is 1. The van der Waals surface area contributed by atoms with E-state index in [2.05, 4.69) is 17.4 Å². The fourth-order valence-electron chi connectivity index (χ4n) is 3.72. The molecule has 34 heavy (non-hydrogen) atoms. The third-order valence-electron chi connectivity index (χ3n) is 5.50. The Hall–Kier alpha value is -4.22. The number of ether oxygens (including phenoxy) is 1. The van der Waals surface area contributed by atoms with Crippen LogP contribution in [0.2, 0.25) is 0 Å². The van der Waals surface area contributed by atoms with Gasteiger partial charge in [0.25, 0.3) is 5.91 Å². The van der Waals surface area contributed by atoms with Crippen molar-refractivity contribution in [2.24, 2.45) is 0 Å². The standard InChI is InChI=1S/C29H22N2O2S/c1-33-25-18-16-23(17-19-25)27-26(22-10-6-3-7-11-22)30-29(34-27)31-28(32)24-14-12-21(13-15-24)20-8-4-2-5-9-20/h2-19H,1H3,(H,30,31,32). The zero-order chi connectivity index (χ0) is 23.3. The highest BCUT2D eigenvalue weighted by Gasteiger charge is 2.17. The molecular weight excluding hydrogens is 440 g/mol. The maximum absolute atomic E-state index is 13.0. The molecule has 5 aromatic rings. The summed E-state index contributed by atoms with van der Waals surface area (Å²) in [4.78, 5) is 18.8. The minimum absolute atomic E-state index is 0.186.